The second kappa shape index (κ2) is 6.35. The highest BCUT2D eigenvalue weighted by Gasteiger charge is 2.36. The summed E-state index contributed by atoms with van der Waals surface area (Å²) in [6, 6.07) is -0.108. The lowest BCUT2D eigenvalue weighted by Gasteiger charge is -2.39. The fraction of sp³-hybridized carbons (Fsp3) is 0.867. The zero-order chi connectivity index (χ0) is 13.0. The molecule has 0 spiro atoms. The molecule has 1 saturated heterocycles. The minimum Gasteiger partial charge on any atom is -0.332 e. The topological polar surface area (TPSA) is 37.4 Å². The molecule has 2 fully saturated rings. The number of piperidine rings is 1. The predicted octanol–water partition coefficient (Wildman–Crippen LogP) is 2.93. The summed E-state index contributed by atoms with van der Waals surface area (Å²) in [5.41, 5.74) is 0. The van der Waals surface area contributed by atoms with Crippen LogP contribution in [0.4, 0.5) is 0 Å². The van der Waals surface area contributed by atoms with Gasteiger partial charge in [0.2, 0.25) is 5.91 Å². The molecule has 2 rings (SSSR count). The molecule has 0 aromatic heterocycles. The Bertz CT molecular complexity index is 308. The molecule has 3 nitrogen and oxygen atoms in total. The van der Waals surface area contributed by atoms with E-state index >= 15 is 0 Å². The Labute approximate surface area is 110 Å². The third-order valence-electron chi connectivity index (χ3n) is 4.47. The Kier molecular flexibility index (Phi) is 4.79. The zero-order valence-electron chi connectivity index (χ0n) is 11.5. The molecule has 3 heteroatoms. The van der Waals surface area contributed by atoms with E-state index in [4.69, 9.17) is 0 Å². The first-order valence-corrected chi connectivity index (χ1v) is 7.56. The maximum absolute atomic E-state index is 12.3. The summed E-state index contributed by atoms with van der Waals surface area (Å²) in [7, 11) is 0. The van der Waals surface area contributed by atoms with Crippen LogP contribution in [0.25, 0.3) is 0 Å². The lowest BCUT2D eigenvalue weighted by molar-refractivity contribution is -0.144. The number of Topliss-reactive ketones (excluding diaryl/α,β-unsaturated/α-hetero) is 1. The van der Waals surface area contributed by atoms with E-state index in [1.807, 2.05) is 11.8 Å². The highest BCUT2D eigenvalue weighted by atomic mass is 16.2. The molecular formula is C15H25NO2. The number of rotatable bonds is 4. The monoisotopic (exact) mass is 251 g/mol. The average molecular weight is 251 g/mol. The molecule has 0 bridgehead atoms. The fourth-order valence-corrected chi connectivity index (χ4v) is 3.47. The van der Waals surface area contributed by atoms with Gasteiger partial charge >= 0.3 is 0 Å². The number of hydrogen-bond donors (Lipinski definition) is 0. The number of carbonyl (C=O) groups excluding carboxylic acids is 2. The van der Waals surface area contributed by atoms with Gasteiger partial charge in [0.1, 0.15) is 0 Å². The molecule has 1 aliphatic heterocycles. The second-order valence-corrected chi connectivity index (χ2v) is 5.71. The molecule has 1 amide bonds. The van der Waals surface area contributed by atoms with Crippen LogP contribution in [0.15, 0.2) is 0 Å². The van der Waals surface area contributed by atoms with Crippen LogP contribution >= 0.6 is 0 Å². The number of likely N-dealkylation sites (tertiary alicyclic amines) is 1. The number of ketones is 1. The number of carbonyl (C=O) groups is 2. The van der Waals surface area contributed by atoms with Crippen molar-refractivity contribution in [1.29, 1.82) is 0 Å². The Hall–Kier alpha value is -0.860. The molecule has 18 heavy (non-hydrogen) atoms. The predicted molar refractivity (Wildman–Crippen MR) is 71.2 cm³/mol. The van der Waals surface area contributed by atoms with Gasteiger partial charge < -0.3 is 4.90 Å². The Morgan fingerprint density at radius 2 is 1.94 bits per heavy atom. The number of amides is 1. The Morgan fingerprint density at radius 3 is 2.56 bits per heavy atom. The van der Waals surface area contributed by atoms with Gasteiger partial charge in [-0.25, -0.2) is 0 Å². The van der Waals surface area contributed by atoms with Gasteiger partial charge in [0.05, 0.1) is 6.04 Å². The van der Waals surface area contributed by atoms with Crippen molar-refractivity contribution in [1.82, 2.24) is 4.90 Å². The summed E-state index contributed by atoms with van der Waals surface area (Å²) in [5.74, 6) is 0.907. The van der Waals surface area contributed by atoms with Crippen molar-refractivity contribution in [3.05, 3.63) is 0 Å². The van der Waals surface area contributed by atoms with Gasteiger partial charge in [-0.15, -0.1) is 0 Å². The Balaban J connectivity index is 2.12. The minimum absolute atomic E-state index is 0.108. The van der Waals surface area contributed by atoms with E-state index in [-0.39, 0.29) is 17.7 Å². The normalized spacial score (nSPS) is 24.1. The van der Waals surface area contributed by atoms with Crippen LogP contribution in [0.2, 0.25) is 0 Å². The van der Waals surface area contributed by atoms with Crippen molar-refractivity contribution in [3.8, 4) is 0 Å². The van der Waals surface area contributed by atoms with E-state index in [1.165, 1.54) is 19.3 Å². The van der Waals surface area contributed by atoms with Crippen molar-refractivity contribution < 1.29 is 9.59 Å². The first-order valence-electron chi connectivity index (χ1n) is 7.56. The van der Waals surface area contributed by atoms with Crippen LogP contribution in [-0.4, -0.2) is 29.2 Å². The highest BCUT2D eigenvalue weighted by Crippen LogP contribution is 2.31. The van der Waals surface area contributed by atoms with Gasteiger partial charge in [0.25, 0.3) is 0 Å². The van der Waals surface area contributed by atoms with Crippen molar-refractivity contribution in [2.75, 3.05) is 6.54 Å². The number of nitrogens with zero attached hydrogens (tertiary/aromatic N) is 1. The summed E-state index contributed by atoms with van der Waals surface area (Å²) < 4.78 is 0. The molecule has 1 heterocycles. The molecule has 1 saturated carbocycles. The second-order valence-electron chi connectivity index (χ2n) is 5.71. The zero-order valence-corrected chi connectivity index (χ0v) is 11.5. The van der Waals surface area contributed by atoms with E-state index < -0.39 is 0 Å². The summed E-state index contributed by atoms with van der Waals surface area (Å²) in [6.07, 6.45) is 9.24. The summed E-state index contributed by atoms with van der Waals surface area (Å²) >= 11 is 0. The minimum atomic E-state index is -0.108. The van der Waals surface area contributed by atoms with Crippen molar-refractivity contribution in [2.45, 2.75) is 70.8 Å². The lowest BCUT2D eigenvalue weighted by atomic mass is 9.80. The maximum atomic E-state index is 12.3. The first-order chi connectivity index (χ1) is 8.74. The van der Waals surface area contributed by atoms with E-state index in [1.54, 1.807) is 0 Å². The van der Waals surface area contributed by atoms with Crippen molar-refractivity contribution in [3.63, 3.8) is 0 Å². The average Bonchev–Trinajstić information content (AvgIpc) is 2.42. The van der Waals surface area contributed by atoms with Crippen LogP contribution in [0.5, 0.6) is 0 Å². The van der Waals surface area contributed by atoms with Crippen LogP contribution in [0.1, 0.15) is 64.7 Å². The van der Waals surface area contributed by atoms with Crippen LogP contribution in [0.3, 0.4) is 0 Å². The van der Waals surface area contributed by atoms with Crippen LogP contribution < -0.4 is 0 Å². The van der Waals surface area contributed by atoms with Crippen LogP contribution in [0, 0.1) is 5.92 Å². The van der Waals surface area contributed by atoms with Gasteiger partial charge in [-0.1, -0.05) is 26.2 Å². The van der Waals surface area contributed by atoms with E-state index in [0.717, 1.165) is 32.2 Å². The first kappa shape index (κ1) is 13.6. The molecule has 0 aromatic carbocycles. The van der Waals surface area contributed by atoms with E-state index in [0.29, 0.717) is 18.8 Å². The molecule has 1 aliphatic carbocycles. The van der Waals surface area contributed by atoms with Gasteiger partial charge in [-0.3, -0.25) is 9.59 Å². The standard InChI is InChI=1S/C15H25NO2/c1-2-13(17)15(12-8-4-3-5-9-12)16-11-7-6-10-14(16)18/h12,15H,2-11H2,1H3/t15-/m1/s1. The van der Waals surface area contributed by atoms with E-state index in [2.05, 4.69) is 0 Å². The van der Waals surface area contributed by atoms with Crippen LogP contribution in [-0.2, 0) is 9.59 Å². The molecule has 0 unspecified atom stereocenters. The lowest BCUT2D eigenvalue weighted by Crippen LogP contribution is -2.51. The van der Waals surface area contributed by atoms with Gasteiger partial charge in [0.15, 0.2) is 5.78 Å². The fourth-order valence-electron chi connectivity index (χ4n) is 3.47. The SMILES string of the molecule is CCC(=O)[C@@H](C1CCCCC1)N1CCCCC1=O. The molecular weight excluding hydrogens is 226 g/mol. The quantitative estimate of drug-likeness (QED) is 0.770. The molecule has 102 valence electrons. The molecule has 0 N–H and O–H groups in total. The molecule has 2 aliphatic rings. The van der Waals surface area contributed by atoms with Gasteiger partial charge in [0, 0.05) is 19.4 Å². The summed E-state index contributed by atoms with van der Waals surface area (Å²) in [4.78, 5) is 26.2. The molecule has 0 radical (unpaired) electrons. The number of hydrogen-bond acceptors (Lipinski definition) is 2. The highest BCUT2D eigenvalue weighted by molar-refractivity contribution is 5.89. The summed E-state index contributed by atoms with van der Waals surface area (Å²) in [6.45, 7) is 2.72. The van der Waals surface area contributed by atoms with E-state index in [9.17, 15) is 9.59 Å². The van der Waals surface area contributed by atoms with Gasteiger partial charge in [-0.05, 0) is 31.6 Å². The third kappa shape index (κ3) is 2.93. The molecule has 0 aromatic rings. The Morgan fingerprint density at radius 1 is 1.22 bits per heavy atom. The van der Waals surface area contributed by atoms with Gasteiger partial charge in [-0.2, -0.15) is 0 Å². The smallest absolute Gasteiger partial charge is 0.223 e. The summed E-state index contributed by atoms with van der Waals surface area (Å²) in [5, 5.41) is 0. The molecule has 1 atom stereocenters. The van der Waals surface area contributed by atoms with Crippen molar-refractivity contribution >= 4 is 11.7 Å². The largest absolute Gasteiger partial charge is 0.332 e. The van der Waals surface area contributed by atoms with Crippen molar-refractivity contribution in [2.24, 2.45) is 5.92 Å². The third-order valence-corrected chi connectivity index (χ3v) is 4.47. The maximum Gasteiger partial charge on any atom is 0.223 e.